The van der Waals surface area contributed by atoms with E-state index in [1.54, 1.807) is 29.2 Å². The molecule has 0 bridgehead atoms. The van der Waals surface area contributed by atoms with Crippen molar-refractivity contribution in [3.05, 3.63) is 35.4 Å². The number of nitrogens with zero attached hydrogens (tertiary/aromatic N) is 2. The zero-order valence-electron chi connectivity index (χ0n) is 9.60. The Morgan fingerprint density at radius 3 is 2.65 bits per heavy atom. The van der Waals surface area contributed by atoms with E-state index in [2.05, 4.69) is 6.07 Å². The van der Waals surface area contributed by atoms with E-state index in [0.717, 1.165) is 12.8 Å². The molecular formula is C13H15N3O. The lowest BCUT2D eigenvalue weighted by atomic mass is 10.0. The quantitative estimate of drug-likeness (QED) is 0.784. The van der Waals surface area contributed by atoms with Gasteiger partial charge >= 0.3 is 0 Å². The number of amides is 1. The molecule has 0 unspecified atom stereocenters. The summed E-state index contributed by atoms with van der Waals surface area (Å²) in [7, 11) is 0. The first-order chi connectivity index (χ1) is 8.22. The summed E-state index contributed by atoms with van der Waals surface area (Å²) in [5.74, 6) is -0.0611. The first-order valence-electron chi connectivity index (χ1n) is 5.76. The Morgan fingerprint density at radius 1 is 1.35 bits per heavy atom. The Bertz CT molecular complexity index is 456. The number of likely N-dealkylation sites (tertiary alicyclic amines) is 1. The highest BCUT2D eigenvalue weighted by Gasteiger charge is 2.23. The van der Waals surface area contributed by atoms with E-state index in [1.807, 2.05) is 0 Å². The number of benzene rings is 1. The Kier molecular flexibility index (Phi) is 3.40. The third kappa shape index (κ3) is 2.45. The van der Waals surface area contributed by atoms with Crippen LogP contribution >= 0.6 is 0 Å². The van der Waals surface area contributed by atoms with Crippen molar-refractivity contribution in [2.75, 3.05) is 13.1 Å². The average Bonchev–Trinajstić information content (AvgIpc) is 2.39. The van der Waals surface area contributed by atoms with Crippen LogP contribution in [0.3, 0.4) is 0 Å². The predicted octanol–water partition coefficient (Wildman–Crippen LogP) is 1.12. The Morgan fingerprint density at radius 2 is 2.00 bits per heavy atom. The molecule has 88 valence electrons. The minimum atomic E-state index is -0.0611. The van der Waals surface area contributed by atoms with Gasteiger partial charge in [0.15, 0.2) is 0 Å². The van der Waals surface area contributed by atoms with Crippen LogP contribution in [0.4, 0.5) is 0 Å². The molecule has 4 nitrogen and oxygen atoms in total. The standard InChI is InChI=1S/C13H15N3O/c14-9-10-3-1-2-4-12(10)13(17)16-7-5-11(15)6-8-16/h1-4,11H,5-8,15H2. The van der Waals surface area contributed by atoms with Crippen molar-refractivity contribution in [2.45, 2.75) is 18.9 Å². The second-order valence-corrected chi connectivity index (χ2v) is 4.29. The van der Waals surface area contributed by atoms with Gasteiger partial charge in [-0.15, -0.1) is 0 Å². The topological polar surface area (TPSA) is 70.1 Å². The summed E-state index contributed by atoms with van der Waals surface area (Å²) in [5, 5.41) is 8.97. The largest absolute Gasteiger partial charge is 0.338 e. The summed E-state index contributed by atoms with van der Waals surface area (Å²) < 4.78 is 0. The van der Waals surface area contributed by atoms with E-state index in [9.17, 15) is 4.79 Å². The van der Waals surface area contributed by atoms with E-state index in [1.165, 1.54) is 0 Å². The molecule has 0 spiro atoms. The summed E-state index contributed by atoms with van der Waals surface area (Å²) in [5.41, 5.74) is 6.73. The molecule has 1 heterocycles. The molecule has 1 aromatic rings. The van der Waals surface area contributed by atoms with E-state index >= 15 is 0 Å². The SMILES string of the molecule is N#Cc1ccccc1C(=O)N1CCC(N)CC1. The highest BCUT2D eigenvalue weighted by Crippen LogP contribution is 2.15. The molecule has 2 N–H and O–H groups in total. The van der Waals surface area contributed by atoms with Crippen LogP contribution in [-0.2, 0) is 0 Å². The number of hydrogen-bond acceptors (Lipinski definition) is 3. The fourth-order valence-electron chi connectivity index (χ4n) is 2.04. The van der Waals surface area contributed by atoms with Gasteiger partial charge in [0, 0.05) is 19.1 Å². The Hall–Kier alpha value is -1.86. The Balaban J connectivity index is 2.17. The fourth-order valence-corrected chi connectivity index (χ4v) is 2.04. The monoisotopic (exact) mass is 229 g/mol. The lowest BCUT2D eigenvalue weighted by Crippen LogP contribution is -2.43. The van der Waals surface area contributed by atoms with Gasteiger partial charge in [0.2, 0.25) is 0 Å². The maximum absolute atomic E-state index is 12.2. The first-order valence-corrected chi connectivity index (χ1v) is 5.76. The molecule has 1 aromatic carbocycles. The van der Waals surface area contributed by atoms with Crippen molar-refractivity contribution in [3.63, 3.8) is 0 Å². The number of piperidine rings is 1. The number of hydrogen-bond donors (Lipinski definition) is 1. The fraction of sp³-hybridized carbons (Fsp3) is 0.385. The van der Waals surface area contributed by atoms with Crippen LogP contribution < -0.4 is 5.73 Å². The molecule has 0 aliphatic carbocycles. The summed E-state index contributed by atoms with van der Waals surface area (Å²) in [6.07, 6.45) is 1.67. The molecule has 0 saturated carbocycles. The van der Waals surface area contributed by atoms with Crippen LogP contribution in [0.1, 0.15) is 28.8 Å². The van der Waals surface area contributed by atoms with Gasteiger partial charge in [-0.1, -0.05) is 12.1 Å². The number of carbonyl (C=O) groups excluding carboxylic acids is 1. The number of carbonyl (C=O) groups is 1. The highest BCUT2D eigenvalue weighted by atomic mass is 16.2. The summed E-state index contributed by atoms with van der Waals surface area (Å²) in [6.45, 7) is 1.36. The van der Waals surface area contributed by atoms with Crippen molar-refractivity contribution in [1.82, 2.24) is 4.90 Å². The van der Waals surface area contributed by atoms with Crippen molar-refractivity contribution in [3.8, 4) is 6.07 Å². The number of rotatable bonds is 1. The maximum atomic E-state index is 12.2. The third-order valence-electron chi connectivity index (χ3n) is 3.10. The van der Waals surface area contributed by atoms with E-state index < -0.39 is 0 Å². The second kappa shape index (κ2) is 4.98. The molecular weight excluding hydrogens is 214 g/mol. The first kappa shape index (κ1) is 11.6. The summed E-state index contributed by atoms with van der Waals surface area (Å²) >= 11 is 0. The Labute approximate surface area is 101 Å². The van der Waals surface area contributed by atoms with E-state index in [4.69, 9.17) is 11.0 Å². The van der Waals surface area contributed by atoms with Crippen LogP contribution in [0.15, 0.2) is 24.3 Å². The molecule has 0 atom stereocenters. The van der Waals surface area contributed by atoms with Gasteiger partial charge in [0.1, 0.15) is 0 Å². The number of nitrogens with two attached hydrogens (primary N) is 1. The molecule has 1 aliphatic heterocycles. The van der Waals surface area contributed by atoms with Crippen LogP contribution in [0.25, 0.3) is 0 Å². The van der Waals surface area contributed by atoms with E-state index in [-0.39, 0.29) is 11.9 Å². The molecule has 1 aliphatic rings. The van der Waals surface area contributed by atoms with Crippen molar-refractivity contribution in [2.24, 2.45) is 5.73 Å². The van der Waals surface area contributed by atoms with Crippen molar-refractivity contribution >= 4 is 5.91 Å². The van der Waals surface area contributed by atoms with Crippen molar-refractivity contribution < 1.29 is 4.79 Å². The summed E-state index contributed by atoms with van der Waals surface area (Å²) in [6, 6.07) is 9.17. The van der Waals surface area contributed by atoms with Gasteiger partial charge in [-0.2, -0.15) is 5.26 Å². The zero-order chi connectivity index (χ0) is 12.3. The molecule has 1 amide bonds. The third-order valence-corrected chi connectivity index (χ3v) is 3.10. The second-order valence-electron chi connectivity index (χ2n) is 4.29. The molecule has 1 fully saturated rings. The minimum Gasteiger partial charge on any atom is -0.338 e. The molecule has 0 aromatic heterocycles. The smallest absolute Gasteiger partial charge is 0.255 e. The molecule has 2 rings (SSSR count). The van der Waals surface area contributed by atoms with Gasteiger partial charge in [-0.3, -0.25) is 4.79 Å². The maximum Gasteiger partial charge on any atom is 0.255 e. The van der Waals surface area contributed by atoms with Crippen LogP contribution in [0.2, 0.25) is 0 Å². The molecule has 4 heteroatoms. The number of nitriles is 1. The van der Waals surface area contributed by atoms with Gasteiger partial charge in [-0.05, 0) is 25.0 Å². The van der Waals surface area contributed by atoms with Gasteiger partial charge < -0.3 is 10.6 Å². The highest BCUT2D eigenvalue weighted by molar-refractivity contribution is 5.96. The van der Waals surface area contributed by atoms with Crippen LogP contribution in [-0.4, -0.2) is 29.9 Å². The minimum absolute atomic E-state index is 0.0611. The molecule has 1 saturated heterocycles. The predicted molar refractivity (Wildman–Crippen MR) is 64.3 cm³/mol. The lowest BCUT2D eigenvalue weighted by Gasteiger charge is -2.30. The normalized spacial score (nSPS) is 16.6. The van der Waals surface area contributed by atoms with Crippen LogP contribution in [0.5, 0.6) is 0 Å². The zero-order valence-corrected chi connectivity index (χ0v) is 9.60. The molecule has 0 radical (unpaired) electrons. The van der Waals surface area contributed by atoms with Gasteiger partial charge in [-0.25, -0.2) is 0 Å². The van der Waals surface area contributed by atoms with Crippen molar-refractivity contribution in [1.29, 1.82) is 5.26 Å². The van der Waals surface area contributed by atoms with Gasteiger partial charge in [0.25, 0.3) is 5.91 Å². The molecule has 17 heavy (non-hydrogen) atoms. The van der Waals surface area contributed by atoms with Gasteiger partial charge in [0.05, 0.1) is 17.2 Å². The summed E-state index contributed by atoms with van der Waals surface area (Å²) in [4.78, 5) is 14.0. The average molecular weight is 229 g/mol. The van der Waals surface area contributed by atoms with E-state index in [0.29, 0.717) is 24.2 Å². The van der Waals surface area contributed by atoms with Crippen LogP contribution in [0, 0.1) is 11.3 Å². The lowest BCUT2D eigenvalue weighted by molar-refractivity contribution is 0.0714.